The summed E-state index contributed by atoms with van der Waals surface area (Å²) in [5.41, 5.74) is 5.75. The summed E-state index contributed by atoms with van der Waals surface area (Å²) in [4.78, 5) is 0. The average molecular weight is 238 g/mol. The van der Waals surface area contributed by atoms with Crippen LogP contribution in [-0.4, -0.2) is 0 Å². The second-order valence-electron chi connectivity index (χ2n) is 4.84. The van der Waals surface area contributed by atoms with E-state index < -0.39 is 0 Å². The first-order chi connectivity index (χ1) is 8.86. The van der Waals surface area contributed by atoms with Crippen LogP contribution in [0.3, 0.4) is 0 Å². The average Bonchev–Trinajstić information content (AvgIpc) is 2.79. The summed E-state index contributed by atoms with van der Waals surface area (Å²) >= 11 is 0. The van der Waals surface area contributed by atoms with Gasteiger partial charge in [0.15, 0.2) is 0 Å². The Balaban J connectivity index is 0.000000209. The maximum Gasteiger partial charge on any atom is -0.00135 e. The molecule has 2 aromatic carbocycles. The largest absolute Gasteiger partial charge is 0.0654 e. The summed E-state index contributed by atoms with van der Waals surface area (Å²) in [5.74, 6) is 0. The van der Waals surface area contributed by atoms with E-state index in [0.29, 0.717) is 0 Å². The molecule has 0 atom stereocenters. The van der Waals surface area contributed by atoms with Crippen LogP contribution in [0.2, 0.25) is 0 Å². The van der Waals surface area contributed by atoms with Gasteiger partial charge in [-0.25, -0.2) is 0 Å². The predicted molar refractivity (Wildman–Crippen MR) is 79.9 cm³/mol. The van der Waals surface area contributed by atoms with Crippen LogP contribution in [0.4, 0.5) is 0 Å². The van der Waals surface area contributed by atoms with Gasteiger partial charge >= 0.3 is 0 Å². The molecule has 0 heteroatoms. The summed E-state index contributed by atoms with van der Waals surface area (Å²) in [5, 5.41) is 0. The molecule has 0 amide bonds. The van der Waals surface area contributed by atoms with Gasteiger partial charge in [-0.1, -0.05) is 81.6 Å². The summed E-state index contributed by atoms with van der Waals surface area (Å²) in [6.07, 6.45) is 5.18. The lowest BCUT2D eigenvalue weighted by Crippen LogP contribution is -1.77. The molecule has 1 aliphatic rings. The molecule has 18 heavy (non-hydrogen) atoms. The Bertz CT molecular complexity index is 451. The molecular formula is C18H22. The van der Waals surface area contributed by atoms with Crippen molar-refractivity contribution in [3.05, 3.63) is 59.7 Å². The Kier molecular flexibility index (Phi) is 4.58. The molecule has 0 radical (unpaired) electrons. The molecule has 0 heterocycles. The van der Waals surface area contributed by atoms with E-state index in [1.807, 2.05) is 0 Å². The van der Waals surface area contributed by atoms with Crippen molar-refractivity contribution in [3.8, 4) is 11.1 Å². The van der Waals surface area contributed by atoms with Gasteiger partial charge in [-0.15, -0.1) is 0 Å². The Hall–Kier alpha value is -1.56. The van der Waals surface area contributed by atoms with Gasteiger partial charge in [0.2, 0.25) is 0 Å². The third-order valence-corrected chi connectivity index (χ3v) is 3.41. The predicted octanol–water partition coefficient (Wildman–Crippen LogP) is 5.45. The van der Waals surface area contributed by atoms with Gasteiger partial charge in [0.1, 0.15) is 0 Å². The van der Waals surface area contributed by atoms with Crippen LogP contribution in [0.15, 0.2) is 48.5 Å². The highest BCUT2D eigenvalue weighted by Crippen LogP contribution is 2.35. The molecule has 0 nitrogen and oxygen atoms in total. The number of benzene rings is 2. The van der Waals surface area contributed by atoms with Crippen LogP contribution in [0.1, 0.15) is 44.2 Å². The highest BCUT2D eigenvalue weighted by atomic mass is 14.2. The maximum atomic E-state index is 2.22. The topological polar surface area (TPSA) is 0 Å². The van der Waals surface area contributed by atoms with Crippen molar-refractivity contribution >= 4 is 0 Å². The summed E-state index contributed by atoms with van der Waals surface area (Å²) in [7, 11) is 0. The van der Waals surface area contributed by atoms with E-state index in [9.17, 15) is 0 Å². The standard InChI is InChI=1S/C13H10.C5H12/c1-3-7-12-10(5-1)9-11-6-2-4-8-13(11)12;1-3-5-4-2/h1-8H,9H2;3-5H2,1-2H3. The smallest absolute Gasteiger partial charge is 0.00135 e. The second-order valence-corrected chi connectivity index (χ2v) is 4.84. The normalized spacial score (nSPS) is 11.2. The summed E-state index contributed by atoms with van der Waals surface area (Å²) in [6, 6.07) is 17.3. The third kappa shape index (κ3) is 2.81. The lowest BCUT2D eigenvalue weighted by molar-refractivity contribution is 0.772. The number of hydrogen-bond donors (Lipinski definition) is 0. The fourth-order valence-corrected chi connectivity index (χ4v) is 2.43. The van der Waals surface area contributed by atoms with Crippen LogP contribution in [0.5, 0.6) is 0 Å². The third-order valence-electron chi connectivity index (χ3n) is 3.41. The molecule has 0 spiro atoms. The van der Waals surface area contributed by atoms with E-state index in [2.05, 4.69) is 62.4 Å². The van der Waals surface area contributed by atoms with E-state index in [0.717, 1.165) is 6.42 Å². The van der Waals surface area contributed by atoms with Crippen LogP contribution in [0.25, 0.3) is 11.1 Å². The number of hydrogen-bond acceptors (Lipinski definition) is 0. The van der Waals surface area contributed by atoms with Crippen LogP contribution in [0, 0.1) is 0 Å². The molecule has 1 aliphatic carbocycles. The summed E-state index contributed by atoms with van der Waals surface area (Å²) in [6.45, 7) is 4.42. The van der Waals surface area contributed by atoms with Gasteiger partial charge in [-0.3, -0.25) is 0 Å². The van der Waals surface area contributed by atoms with E-state index in [4.69, 9.17) is 0 Å². The second kappa shape index (κ2) is 6.39. The monoisotopic (exact) mass is 238 g/mol. The van der Waals surface area contributed by atoms with Crippen molar-refractivity contribution in [3.63, 3.8) is 0 Å². The van der Waals surface area contributed by atoms with Crippen LogP contribution in [-0.2, 0) is 6.42 Å². The molecule has 0 saturated heterocycles. The van der Waals surface area contributed by atoms with Gasteiger partial charge in [-0.2, -0.15) is 0 Å². The maximum absolute atomic E-state index is 2.22. The lowest BCUT2D eigenvalue weighted by Gasteiger charge is -1.98. The van der Waals surface area contributed by atoms with Crippen LogP contribution >= 0.6 is 0 Å². The minimum atomic E-state index is 1.10. The number of unbranched alkanes of at least 4 members (excludes halogenated alkanes) is 2. The molecular weight excluding hydrogens is 216 g/mol. The van der Waals surface area contributed by atoms with Crippen molar-refractivity contribution in [1.29, 1.82) is 0 Å². The zero-order chi connectivity index (χ0) is 12.8. The Morgan fingerprint density at radius 2 is 1.17 bits per heavy atom. The molecule has 0 bridgehead atoms. The van der Waals surface area contributed by atoms with E-state index >= 15 is 0 Å². The first kappa shape index (κ1) is 12.9. The van der Waals surface area contributed by atoms with E-state index in [1.54, 1.807) is 0 Å². The minimum absolute atomic E-state index is 1.10. The molecule has 0 aromatic heterocycles. The number of fused-ring (bicyclic) bond motifs is 3. The van der Waals surface area contributed by atoms with Gasteiger partial charge < -0.3 is 0 Å². The van der Waals surface area contributed by atoms with Gasteiger partial charge in [0.05, 0.1) is 0 Å². The fourth-order valence-electron chi connectivity index (χ4n) is 2.43. The summed E-state index contributed by atoms with van der Waals surface area (Å²) < 4.78 is 0. The fraction of sp³-hybridized carbons (Fsp3) is 0.333. The van der Waals surface area contributed by atoms with Crippen molar-refractivity contribution in [1.82, 2.24) is 0 Å². The van der Waals surface area contributed by atoms with E-state index in [-0.39, 0.29) is 0 Å². The minimum Gasteiger partial charge on any atom is -0.0654 e. The van der Waals surface area contributed by atoms with Crippen molar-refractivity contribution in [2.75, 3.05) is 0 Å². The van der Waals surface area contributed by atoms with Crippen LogP contribution < -0.4 is 0 Å². The molecule has 0 aliphatic heterocycles. The lowest BCUT2D eigenvalue weighted by atomic mass is 10.1. The molecule has 0 saturated carbocycles. The Labute approximate surface area is 111 Å². The van der Waals surface area contributed by atoms with Crippen molar-refractivity contribution in [2.45, 2.75) is 39.5 Å². The molecule has 94 valence electrons. The first-order valence-corrected chi connectivity index (χ1v) is 7.03. The number of rotatable bonds is 2. The molecule has 0 unspecified atom stereocenters. The zero-order valence-corrected chi connectivity index (χ0v) is 11.4. The zero-order valence-electron chi connectivity index (χ0n) is 11.4. The quantitative estimate of drug-likeness (QED) is 0.556. The van der Waals surface area contributed by atoms with E-state index in [1.165, 1.54) is 41.5 Å². The van der Waals surface area contributed by atoms with Gasteiger partial charge in [0.25, 0.3) is 0 Å². The molecule has 0 N–H and O–H groups in total. The van der Waals surface area contributed by atoms with Gasteiger partial charge in [-0.05, 0) is 28.7 Å². The van der Waals surface area contributed by atoms with Gasteiger partial charge in [0, 0.05) is 0 Å². The molecule has 2 aromatic rings. The SMILES string of the molecule is CCCCC.c1ccc2c(c1)Cc1ccccc1-2. The molecule has 0 fully saturated rings. The van der Waals surface area contributed by atoms with Crippen molar-refractivity contribution < 1.29 is 0 Å². The highest BCUT2D eigenvalue weighted by molar-refractivity contribution is 5.76. The Morgan fingerprint density at radius 3 is 1.56 bits per heavy atom. The van der Waals surface area contributed by atoms with Crippen molar-refractivity contribution in [2.24, 2.45) is 0 Å². The highest BCUT2D eigenvalue weighted by Gasteiger charge is 2.15. The Morgan fingerprint density at radius 1 is 0.722 bits per heavy atom. The molecule has 3 rings (SSSR count). The first-order valence-electron chi connectivity index (χ1n) is 7.03.